The van der Waals surface area contributed by atoms with Gasteiger partial charge < -0.3 is 0 Å². The Balaban J connectivity index is 2.54. The first kappa shape index (κ1) is 5.57. The minimum absolute atomic E-state index is 0.285. The van der Waals surface area contributed by atoms with Crippen LogP contribution in [-0.4, -0.2) is 14.2 Å². The molecule has 0 amide bonds. The van der Waals surface area contributed by atoms with E-state index in [4.69, 9.17) is 0 Å². The molecule has 0 unspecified atom stereocenters. The van der Waals surface area contributed by atoms with Crippen molar-refractivity contribution < 1.29 is 0 Å². The van der Waals surface area contributed by atoms with Crippen molar-refractivity contribution in [3.8, 4) is 0 Å². The lowest BCUT2D eigenvalue weighted by Crippen LogP contribution is -1.99. The summed E-state index contributed by atoms with van der Waals surface area (Å²) in [7, 11) is -0.285. The summed E-state index contributed by atoms with van der Waals surface area (Å²) < 4.78 is 0. The van der Waals surface area contributed by atoms with Crippen LogP contribution in [0.4, 0.5) is 0 Å². The molecule has 0 aromatic heterocycles. The maximum absolute atomic E-state index is 4.08. The molecular weight excluding hydrogens is 96.2 g/mol. The summed E-state index contributed by atoms with van der Waals surface area (Å²) in [5.41, 5.74) is 0. The zero-order valence-corrected chi connectivity index (χ0v) is 5.78. The monoisotopic (exact) mass is 106 g/mol. The molecule has 32 valence electrons. The van der Waals surface area contributed by atoms with E-state index >= 15 is 0 Å². The van der Waals surface area contributed by atoms with Gasteiger partial charge in [0.1, 0.15) is 0 Å². The fraction of sp³-hybridized carbons (Fsp3) is 1.00. The van der Waals surface area contributed by atoms with E-state index in [0.717, 1.165) is 5.38 Å². The fourth-order valence-electron chi connectivity index (χ4n) is 0. The Labute approximate surface area is 40.6 Å². The minimum Gasteiger partial charge on any atom is -0.183 e. The number of hydrogen-bond donors (Lipinski definition) is 1. The highest BCUT2D eigenvalue weighted by molar-refractivity contribution is 7.82. The molecule has 0 aliphatic carbocycles. The van der Waals surface area contributed by atoms with E-state index in [9.17, 15) is 0 Å². The van der Waals surface area contributed by atoms with Crippen LogP contribution in [0, 0.1) is 0 Å². The molecule has 0 N–H and O–H groups in total. The summed E-state index contributed by atoms with van der Waals surface area (Å²) in [6, 6.07) is 0. The minimum atomic E-state index is -0.285. The molecule has 0 saturated heterocycles. The van der Waals surface area contributed by atoms with Gasteiger partial charge in [-0.15, -0.1) is 0 Å². The van der Waals surface area contributed by atoms with E-state index in [1.807, 2.05) is 0 Å². The van der Waals surface area contributed by atoms with Crippen LogP contribution in [-0.2, 0) is 0 Å². The molecule has 0 rings (SSSR count). The second kappa shape index (κ2) is 2.79. The van der Waals surface area contributed by atoms with Crippen molar-refractivity contribution in [2.24, 2.45) is 0 Å². The Kier molecular flexibility index (Phi) is 3.10. The van der Waals surface area contributed by atoms with Crippen molar-refractivity contribution in [3.05, 3.63) is 0 Å². The summed E-state index contributed by atoms with van der Waals surface area (Å²) in [6.07, 6.45) is 0. The Morgan fingerprint density at radius 1 is 1.60 bits per heavy atom. The SMILES string of the molecule is C[SiH](C)CS. The molecule has 0 saturated carbocycles. The molecule has 0 spiro atoms. The fourth-order valence-corrected chi connectivity index (χ4v) is 0. The van der Waals surface area contributed by atoms with Gasteiger partial charge in [0.25, 0.3) is 0 Å². The van der Waals surface area contributed by atoms with Crippen LogP contribution in [0.5, 0.6) is 0 Å². The maximum Gasteiger partial charge on any atom is 0.0414 e. The Hall–Kier alpha value is 0.567. The third-order valence-corrected chi connectivity index (χ3v) is 3.29. The Morgan fingerprint density at radius 3 is 1.80 bits per heavy atom. The molecule has 5 heavy (non-hydrogen) atoms. The van der Waals surface area contributed by atoms with Gasteiger partial charge in [0.15, 0.2) is 0 Å². The Bertz CT molecular complexity index is 20.9. The van der Waals surface area contributed by atoms with E-state index in [-0.39, 0.29) is 8.80 Å². The summed E-state index contributed by atoms with van der Waals surface area (Å²) in [6.45, 7) is 4.57. The zero-order valence-electron chi connectivity index (χ0n) is 3.73. The van der Waals surface area contributed by atoms with Crippen LogP contribution in [0.1, 0.15) is 0 Å². The van der Waals surface area contributed by atoms with Gasteiger partial charge in [-0.2, -0.15) is 12.6 Å². The molecule has 0 atom stereocenters. The van der Waals surface area contributed by atoms with E-state index < -0.39 is 0 Å². The first-order chi connectivity index (χ1) is 2.27. The largest absolute Gasteiger partial charge is 0.183 e. The first-order valence-corrected chi connectivity index (χ1v) is 5.64. The first-order valence-electron chi connectivity index (χ1n) is 1.88. The summed E-state index contributed by atoms with van der Waals surface area (Å²) in [5.74, 6) is 0. The molecular formula is C3H10SSi. The highest BCUT2D eigenvalue weighted by Crippen LogP contribution is 1.79. The quantitative estimate of drug-likeness (QED) is 0.373. The van der Waals surface area contributed by atoms with Crippen LogP contribution in [0.25, 0.3) is 0 Å². The van der Waals surface area contributed by atoms with E-state index in [0.29, 0.717) is 0 Å². The van der Waals surface area contributed by atoms with Crippen LogP contribution in [0.15, 0.2) is 0 Å². The van der Waals surface area contributed by atoms with Gasteiger partial charge in [-0.1, -0.05) is 13.1 Å². The van der Waals surface area contributed by atoms with Crippen molar-refractivity contribution in [1.29, 1.82) is 0 Å². The molecule has 0 aliphatic rings. The number of hydrogen-bond acceptors (Lipinski definition) is 1. The average molecular weight is 106 g/mol. The zero-order chi connectivity index (χ0) is 4.28. The van der Waals surface area contributed by atoms with Crippen molar-refractivity contribution >= 4 is 21.4 Å². The van der Waals surface area contributed by atoms with Crippen LogP contribution in [0.3, 0.4) is 0 Å². The van der Waals surface area contributed by atoms with Crippen molar-refractivity contribution in [2.45, 2.75) is 13.1 Å². The number of rotatable bonds is 1. The molecule has 0 aromatic rings. The molecule has 0 fully saturated rings. The van der Waals surface area contributed by atoms with E-state index in [1.165, 1.54) is 0 Å². The Morgan fingerprint density at radius 2 is 1.80 bits per heavy atom. The average Bonchev–Trinajstić information content (AvgIpc) is 1.38. The third kappa shape index (κ3) is 4.57. The molecule has 0 heterocycles. The van der Waals surface area contributed by atoms with Crippen LogP contribution in [0.2, 0.25) is 13.1 Å². The lowest BCUT2D eigenvalue weighted by molar-refractivity contribution is 1.88. The van der Waals surface area contributed by atoms with Gasteiger partial charge in [-0.25, -0.2) is 0 Å². The van der Waals surface area contributed by atoms with E-state index in [2.05, 4.69) is 25.7 Å². The predicted octanol–water partition coefficient (Wildman–Crippen LogP) is 0.942. The summed E-state index contributed by atoms with van der Waals surface area (Å²) in [5, 5.41) is 1.14. The number of thiol groups is 1. The molecule has 0 aliphatic heterocycles. The second-order valence-corrected chi connectivity index (χ2v) is 5.82. The van der Waals surface area contributed by atoms with Crippen molar-refractivity contribution in [1.82, 2.24) is 0 Å². The lowest BCUT2D eigenvalue weighted by atomic mass is 11.8. The predicted molar refractivity (Wildman–Crippen MR) is 32.7 cm³/mol. The van der Waals surface area contributed by atoms with Gasteiger partial charge in [0, 0.05) is 8.80 Å². The molecule has 2 heteroatoms. The second-order valence-electron chi connectivity index (χ2n) is 1.58. The van der Waals surface area contributed by atoms with Crippen molar-refractivity contribution in [3.63, 3.8) is 0 Å². The summed E-state index contributed by atoms with van der Waals surface area (Å²) >= 11 is 4.08. The highest BCUT2D eigenvalue weighted by Gasteiger charge is 1.83. The third-order valence-electron chi connectivity index (χ3n) is 0.365. The lowest BCUT2D eigenvalue weighted by Gasteiger charge is -1.87. The van der Waals surface area contributed by atoms with Gasteiger partial charge >= 0.3 is 0 Å². The molecule has 0 aromatic carbocycles. The van der Waals surface area contributed by atoms with E-state index in [1.54, 1.807) is 0 Å². The highest BCUT2D eigenvalue weighted by atomic mass is 32.1. The van der Waals surface area contributed by atoms with Crippen LogP contribution >= 0.6 is 12.6 Å². The van der Waals surface area contributed by atoms with Gasteiger partial charge in [0.2, 0.25) is 0 Å². The van der Waals surface area contributed by atoms with Gasteiger partial charge in [-0.05, 0) is 5.38 Å². The maximum atomic E-state index is 4.08. The molecule has 0 nitrogen and oxygen atoms in total. The summed E-state index contributed by atoms with van der Waals surface area (Å²) in [4.78, 5) is 0. The van der Waals surface area contributed by atoms with Crippen molar-refractivity contribution in [2.75, 3.05) is 5.38 Å². The topological polar surface area (TPSA) is 0 Å². The van der Waals surface area contributed by atoms with Gasteiger partial charge in [0.05, 0.1) is 0 Å². The van der Waals surface area contributed by atoms with Gasteiger partial charge in [-0.3, -0.25) is 0 Å². The molecule has 0 bridgehead atoms. The normalized spacial score (nSPS) is 9.60. The van der Waals surface area contributed by atoms with Crippen LogP contribution < -0.4 is 0 Å². The smallest absolute Gasteiger partial charge is 0.0414 e. The standard InChI is InChI=1S/C3H10SSi/c1-5(2)3-4/h4-5H,3H2,1-2H3. The molecule has 0 radical (unpaired) electrons.